The number of rotatable bonds is 3. The highest BCUT2D eigenvalue weighted by Crippen LogP contribution is 2.27. The van der Waals surface area contributed by atoms with Crippen LogP contribution in [0.3, 0.4) is 0 Å². The van der Waals surface area contributed by atoms with Crippen LogP contribution in [0.15, 0.2) is 28.8 Å². The number of aromatic carboxylic acids is 1. The Labute approximate surface area is 101 Å². The van der Waals surface area contributed by atoms with Gasteiger partial charge in [0.05, 0.1) is 17.4 Å². The van der Waals surface area contributed by atoms with E-state index in [9.17, 15) is 4.79 Å². The molecule has 17 heavy (non-hydrogen) atoms. The van der Waals surface area contributed by atoms with Gasteiger partial charge >= 0.3 is 5.97 Å². The van der Waals surface area contributed by atoms with E-state index in [4.69, 9.17) is 10.8 Å². The van der Waals surface area contributed by atoms with Gasteiger partial charge in [-0.3, -0.25) is 0 Å². The van der Waals surface area contributed by atoms with E-state index in [1.807, 2.05) is 0 Å². The molecular weight excluding hydrogens is 242 g/mol. The summed E-state index contributed by atoms with van der Waals surface area (Å²) in [5, 5.41) is 13.8. The van der Waals surface area contributed by atoms with Gasteiger partial charge in [0.2, 0.25) is 0 Å². The van der Waals surface area contributed by atoms with Crippen molar-refractivity contribution >= 4 is 23.4 Å². The molecule has 0 atom stereocenters. The minimum absolute atomic E-state index is 0.0537. The molecule has 0 aliphatic carbocycles. The second kappa shape index (κ2) is 4.42. The predicted octanol–water partition coefficient (Wildman–Crippen LogP) is 0.642. The molecule has 2 rings (SSSR count). The summed E-state index contributed by atoms with van der Waals surface area (Å²) in [4.78, 5) is 19.0. The van der Waals surface area contributed by atoms with Crippen LogP contribution in [0.4, 0.5) is 5.69 Å². The highest BCUT2D eigenvalue weighted by molar-refractivity contribution is 7.99. The first-order chi connectivity index (χ1) is 8.08. The number of nitrogen functional groups attached to an aromatic ring is 1. The summed E-state index contributed by atoms with van der Waals surface area (Å²) in [5.41, 5.74) is 5.86. The van der Waals surface area contributed by atoms with Crippen molar-refractivity contribution in [2.24, 2.45) is 7.05 Å². The predicted molar refractivity (Wildman–Crippen MR) is 60.7 cm³/mol. The number of aromatic nitrogens is 4. The lowest BCUT2D eigenvalue weighted by Gasteiger charge is -2.04. The molecule has 0 aliphatic heterocycles. The van der Waals surface area contributed by atoms with E-state index in [0.717, 1.165) is 11.8 Å². The molecule has 0 saturated heterocycles. The fourth-order valence-corrected chi connectivity index (χ4v) is 1.98. The molecule has 0 amide bonds. The Morgan fingerprint density at radius 3 is 2.88 bits per heavy atom. The maximum absolute atomic E-state index is 11.0. The quantitative estimate of drug-likeness (QED) is 0.824. The van der Waals surface area contributed by atoms with Crippen molar-refractivity contribution in [3.05, 3.63) is 24.2 Å². The molecule has 0 spiro atoms. The topological polar surface area (TPSA) is 107 Å². The number of aryl methyl sites for hydroxylation is 1. The molecule has 0 radical (unpaired) electrons. The van der Waals surface area contributed by atoms with Crippen molar-refractivity contribution in [1.82, 2.24) is 19.7 Å². The van der Waals surface area contributed by atoms with E-state index in [1.54, 1.807) is 7.05 Å². The van der Waals surface area contributed by atoms with Crippen molar-refractivity contribution in [2.45, 2.75) is 10.2 Å². The van der Waals surface area contributed by atoms with E-state index in [1.165, 1.54) is 23.3 Å². The van der Waals surface area contributed by atoms with Crippen molar-refractivity contribution < 1.29 is 9.90 Å². The molecule has 0 aromatic carbocycles. The van der Waals surface area contributed by atoms with Gasteiger partial charge in [0.25, 0.3) is 0 Å². The summed E-state index contributed by atoms with van der Waals surface area (Å²) in [7, 11) is 1.72. The summed E-state index contributed by atoms with van der Waals surface area (Å²) >= 11 is 1.13. The molecule has 0 bridgehead atoms. The van der Waals surface area contributed by atoms with Gasteiger partial charge < -0.3 is 10.8 Å². The number of nitrogens with zero attached hydrogens (tertiary/aromatic N) is 4. The number of hydrogen-bond acceptors (Lipinski definition) is 6. The average molecular weight is 251 g/mol. The smallest absolute Gasteiger partial charge is 0.338 e. The monoisotopic (exact) mass is 251 g/mol. The number of carboxylic acid groups (broad SMARTS) is 1. The Hall–Kier alpha value is -2.09. The maximum atomic E-state index is 11.0. The SMILES string of the molecule is Cn1ncnc1Sc1ncc(N)cc1C(=O)O. The number of carbonyl (C=O) groups is 1. The minimum Gasteiger partial charge on any atom is -0.478 e. The van der Waals surface area contributed by atoms with Gasteiger partial charge in [-0.2, -0.15) is 5.10 Å². The Bertz CT molecular complexity index is 568. The van der Waals surface area contributed by atoms with Gasteiger partial charge in [-0.25, -0.2) is 19.4 Å². The molecule has 2 aromatic heterocycles. The molecule has 2 heterocycles. The first-order valence-electron chi connectivity index (χ1n) is 4.58. The van der Waals surface area contributed by atoms with Gasteiger partial charge in [0.15, 0.2) is 5.16 Å². The fraction of sp³-hybridized carbons (Fsp3) is 0.111. The zero-order valence-electron chi connectivity index (χ0n) is 8.86. The molecule has 3 N–H and O–H groups in total. The summed E-state index contributed by atoms with van der Waals surface area (Å²) in [6, 6.07) is 1.37. The molecule has 7 nitrogen and oxygen atoms in total. The number of carboxylic acids is 1. The molecule has 2 aromatic rings. The third kappa shape index (κ3) is 2.36. The van der Waals surface area contributed by atoms with Crippen LogP contribution in [0.25, 0.3) is 0 Å². The minimum atomic E-state index is -1.07. The van der Waals surface area contributed by atoms with Gasteiger partial charge in [-0.1, -0.05) is 0 Å². The van der Waals surface area contributed by atoms with Crippen LogP contribution >= 0.6 is 11.8 Å². The number of pyridine rings is 1. The largest absolute Gasteiger partial charge is 0.478 e. The van der Waals surface area contributed by atoms with Crippen LogP contribution < -0.4 is 5.73 Å². The van der Waals surface area contributed by atoms with Crippen LogP contribution in [-0.2, 0) is 7.05 Å². The Balaban J connectivity index is 2.39. The second-order valence-electron chi connectivity index (χ2n) is 3.19. The summed E-state index contributed by atoms with van der Waals surface area (Å²) in [5.74, 6) is -1.07. The van der Waals surface area contributed by atoms with Gasteiger partial charge in [0.1, 0.15) is 11.4 Å². The zero-order chi connectivity index (χ0) is 12.4. The Morgan fingerprint density at radius 1 is 1.53 bits per heavy atom. The highest BCUT2D eigenvalue weighted by Gasteiger charge is 2.15. The average Bonchev–Trinajstić information content (AvgIpc) is 2.67. The Kier molecular flexibility index (Phi) is 2.96. The zero-order valence-corrected chi connectivity index (χ0v) is 9.68. The number of hydrogen-bond donors (Lipinski definition) is 2. The maximum Gasteiger partial charge on any atom is 0.338 e. The van der Waals surface area contributed by atoms with E-state index >= 15 is 0 Å². The molecule has 0 fully saturated rings. The normalized spacial score (nSPS) is 10.4. The van der Waals surface area contributed by atoms with E-state index in [-0.39, 0.29) is 5.56 Å². The lowest BCUT2D eigenvalue weighted by Crippen LogP contribution is -2.03. The molecule has 0 unspecified atom stereocenters. The van der Waals surface area contributed by atoms with Crippen LogP contribution in [0, 0.1) is 0 Å². The van der Waals surface area contributed by atoms with Crippen molar-refractivity contribution in [1.29, 1.82) is 0 Å². The first-order valence-corrected chi connectivity index (χ1v) is 5.40. The third-order valence-corrected chi connectivity index (χ3v) is 3.03. The molecule has 0 aliphatic rings. The highest BCUT2D eigenvalue weighted by atomic mass is 32.2. The summed E-state index contributed by atoms with van der Waals surface area (Å²) in [6.45, 7) is 0. The van der Waals surface area contributed by atoms with Crippen molar-refractivity contribution in [3.63, 3.8) is 0 Å². The van der Waals surface area contributed by atoms with E-state index in [2.05, 4.69) is 15.1 Å². The summed E-state index contributed by atoms with van der Waals surface area (Å²) < 4.78 is 1.54. The number of nitrogens with two attached hydrogens (primary N) is 1. The molecule has 88 valence electrons. The standard InChI is InChI=1S/C9H9N5O2S/c1-14-9(12-4-13-14)17-7-6(8(15)16)2-5(10)3-11-7/h2-4H,10H2,1H3,(H,15,16). The fourth-order valence-electron chi connectivity index (χ4n) is 1.17. The molecular formula is C9H9N5O2S. The number of anilines is 1. The molecule has 8 heteroatoms. The van der Waals surface area contributed by atoms with Crippen molar-refractivity contribution in [3.8, 4) is 0 Å². The van der Waals surface area contributed by atoms with Crippen LogP contribution in [0.2, 0.25) is 0 Å². The Morgan fingerprint density at radius 2 is 2.29 bits per heavy atom. The first kappa shape index (κ1) is 11.4. The van der Waals surface area contributed by atoms with Crippen LogP contribution in [0.5, 0.6) is 0 Å². The lowest BCUT2D eigenvalue weighted by atomic mass is 10.3. The second-order valence-corrected chi connectivity index (χ2v) is 4.15. The van der Waals surface area contributed by atoms with Crippen LogP contribution in [-0.4, -0.2) is 30.8 Å². The summed E-state index contributed by atoms with van der Waals surface area (Å²) in [6.07, 6.45) is 2.80. The lowest BCUT2D eigenvalue weighted by molar-refractivity contribution is 0.0692. The van der Waals surface area contributed by atoms with Gasteiger partial charge in [0, 0.05) is 7.05 Å². The van der Waals surface area contributed by atoms with Gasteiger partial charge in [-0.05, 0) is 17.8 Å². The van der Waals surface area contributed by atoms with E-state index in [0.29, 0.717) is 15.9 Å². The third-order valence-electron chi connectivity index (χ3n) is 1.96. The molecule has 0 saturated carbocycles. The van der Waals surface area contributed by atoms with E-state index < -0.39 is 5.97 Å². The van der Waals surface area contributed by atoms with Gasteiger partial charge in [-0.15, -0.1) is 0 Å². The van der Waals surface area contributed by atoms with Crippen LogP contribution in [0.1, 0.15) is 10.4 Å². The van der Waals surface area contributed by atoms with Crippen molar-refractivity contribution in [2.75, 3.05) is 5.73 Å².